The minimum absolute atomic E-state index is 0.0703. The molecule has 0 saturated heterocycles. The second-order valence-corrected chi connectivity index (χ2v) is 10.3. The molecule has 2 aliphatic carbocycles. The van der Waals surface area contributed by atoms with E-state index in [9.17, 15) is 0 Å². The Hall–Kier alpha value is -2.59. The lowest BCUT2D eigenvalue weighted by atomic mass is 9.66. The molecule has 1 heterocycles. The van der Waals surface area contributed by atoms with E-state index in [1.54, 1.807) is 0 Å². The van der Waals surface area contributed by atoms with Gasteiger partial charge in [0, 0.05) is 16.2 Å². The number of hydrazone groups is 1. The van der Waals surface area contributed by atoms with Gasteiger partial charge in [-0.05, 0) is 59.6 Å². The molecule has 1 aliphatic heterocycles. The van der Waals surface area contributed by atoms with Gasteiger partial charge >= 0.3 is 0 Å². The SMILES string of the molecule is Cc1cc2c(cc1C1(c3ccc(CC4=NNN[N-]4)cc3)CC1)C(C)(C)C=CC2(C)C. The number of amidine groups is 1. The molecule has 0 atom stereocenters. The zero-order chi connectivity index (χ0) is 21.1. The average molecular weight is 400 g/mol. The molecular weight excluding hydrogens is 368 g/mol. The van der Waals surface area contributed by atoms with E-state index in [1.807, 2.05) is 0 Å². The molecule has 0 aromatic heterocycles. The number of rotatable bonds is 4. The lowest BCUT2D eigenvalue weighted by molar-refractivity contribution is 0.560. The molecule has 156 valence electrons. The van der Waals surface area contributed by atoms with Crippen LogP contribution in [-0.4, -0.2) is 5.84 Å². The highest BCUT2D eigenvalue weighted by Crippen LogP contribution is 2.56. The molecule has 30 heavy (non-hydrogen) atoms. The van der Waals surface area contributed by atoms with Gasteiger partial charge in [-0.15, -0.1) is 0 Å². The minimum atomic E-state index is 0.0703. The van der Waals surface area contributed by atoms with Gasteiger partial charge in [0.05, 0.1) is 0 Å². The number of allylic oxidation sites excluding steroid dienone is 2. The summed E-state index contributed by atoms with van der Waals surface area (Å²) in [5, 5.41) is 4.12. The Morgan fingerprint density at radius 1 is 0.900 bits per heavy atom. The summed E-state index contributed by atoms with van der Waals surface area (Å²) in [5.74, 6) is 0.785. The predicted octanol–water partition coefficient (Wildman–Crippen LogP) is 5.45. The number of aryl methyl sites for hydroxylation is 1. The summed E-state index contributed by atoms with van der Waals surface area (Å²) in [6, 6.07) is 14.1. The molecule has 1 saturated carbocycles. The van der Waals surface area contributed by atoms with E-state index in [-0.39, 0.29) is 16.2 Å². The van der Waals surface area contributed by atoms with Gasteiger partial charge in [-0.3, -0.25) is 0 Å². The van der Waals surface area contributed by atoms with Crippen molar-refractivity contribution in [3.8, 4) is 0 Å². The molecule has 0 spiro atoms. The topological polar surface area (TPSA) is 50.5 Å². The van der Waals surface area contributed by atoms with Crippen LogP contribution in [-0.2, 0) is 22.7 Å². The molecule has 5 rings (SSSR count). The number of benzene rings is 2. The van der Waals surface area contributed by atoms with Crippen molar-refractivity contribution in [3.63, 3.8) is 0 Å². The number of hydrogen-bond donors (Lipinski definition) is 2. The molecule has 4 nitrogen and oxygen atoms in total. The standard InChI is InChI=1S/C26H31N4/c1-17-14-21-22(25(4,5)11-10-24(21,2)3)16-20(17)26(12-13-26)19-8-6-18(7-9-19)15-23-27-29-30-28-23/h6-11,14,16,29-30H,12-13,15H2,1-5H3/q-1. The molecule has 2 aromatic carbocycles. The summed E-state index contributed by atoms with van der Waals surface area (Å²) in [4.78, 5) is 0. The molecule has 0 radical (unpaired) electrons. The van der Waals surface area contributed by atoms with Crippen molar-refractivity contribution in [1.29, 1.82) is 0 Å². The summed E-state index contributed by atoms with van der Waals surface area (Å²) in [7, 11) is 0. The van der Waals surface area contributed by atoms with Gasteiger partial charge in [0.25, 0.3) is 0 Å². The third-order valence-corrected chi connectivity index (χ3v) is 7.22. The fourth-order valence-electron chi connectivity index (χ4n) is 5.13. The first kappa shape index (κ1) is 19.4. The van der Waals surface area contributed by atoms with Crippen LogP contribution in [0.1, 0.15) is 73.9 Å². The van der Waals surface area contributed by atoms with E-state index in [1.165, 1.54) is 46.2 Å². The third-order valence-electron chi connectivity index (χ3n) is 7.22. The summed E-state index contributed by atoms with van der Waals surface area (Å²) < 4.78 is 0. The zero-order valence-electron chi connectivity index (χ0n) is 18.6. The quantitative estimate of drug-likeness (QED) is 0.672. The highest BCUT2D eigenvalue weighted by atomic mass is 15.8. The molecule has 4 heteroatoms. The summed E-state index contributed by atoms with van der Waals surface area (Å²) in [5.41, 5.74) is 18.3. The highest BCUT2D eigenvalue weighted by Gasteiger charge is 2.47. The number of fused-ring (bicyclic) bond motifs is 1. The molecule has 3 aliphatic rings. The van der Waals surface area contributed by atoms with Crippen LogP contribution in [0.3, 0.4) is 0 Å². The van der Waals surface area contributed by atoms with Crippen LogP contribution in [0.2, 0.25) is 0 Å². The fourth-order valence-corrected chi connectivity index (χ4v) is 5.13. The molecule has 1 fully saturated rings. The summed E-state index contributed by atoms with van der Waals surface area (Å²) >= 11 is 0. The van der Waals surface area contributed by atoms with Crippen molar-refractivity contribution in [3.05, 3.63) is 87.4 Å². The van der Waals surface area contributed by atoms with Gasteiger partial charge in [0.1, 0.15) is 0 Å². The van der Waals surface area contributed by atoms with Crippen LogP contribution in [0.15, 0.2) is 53.7 Å². The van der Waals surface area contributed by atoms with Crippen LogP contribution < -0.4 is 11.1 Å². The summed E-state index contributed by atoms with van der Waals surface area (Å²) in [6.45, 7) is 11.6. The first-order valence-electron chi connectivity index (χ1n) is 10.9. The predicted molar refractivity (Wildman–Crippen MR) is 124 cm³/mol. The normalized spacial score (nSPS) is 22.0. The van der Waals surface area contributed by atoms with Crippen molar-refractivity contribution < 1.29 is 0 Å². The molecular formula is C26H31N4-. The number of nitrogens with one attached hydrogen (secondary N) is 2. The maximum absolute atomic E-state index is 4.12. The van der Waals surface area contributed by atoms with Crippen molar-refractivity contribution >= 4 is 5.84 Å². The molecule has 0 unspecified atom stereocenters. The van der Waals surface area contributed by atoms with E-state index >= 15 is 0 Å². The lowest BCUT2D eigenvalue weighted by Crippen LogP contribution is -2.30. The molecule has 0 bridgehead atoms. The van der Waals surface area contributed by atoms with E-state index in [0.29, 0.717) is 0 Å². The van der Waals surface area contributed by atoms with Gasteiger partial charge < -0.3 is 16.1 Å². The monoisotopic (exact) mass is 399 g/mol. The van der Waals surface area contributed by atoms with Gasteiger partial charge in [0.2, 0.25) is 0 Å². The van der Waals surface area contributed by atoms with Gasteiger partial charge in [-0.2, -0.15) is 0 Å². The van der Waals surface area contributed by atoms with Gasteiger partial charge in [0.15, 0.2) is 0 Å². The highest BCUT2D eigenvalue weighted by molar-refractivity contribution is 5.95. The Balaban J connectivity index is 1.51. The molecule has 2 N–H and O–H groups in total. The second kappa shape index (κ2) is 6.45. The smallest absolute Gasteiger partial charge is 0.0206 e. The number of hydrazine groups is 1. The van der Waals surface area contributed by atoms with Crippen LogP contribution >= 0.6 is 0 Å². The van der Waals surface area contributed by atoms with Gasteiger partial charge in [-0.1, -0.05) is 82.1 Å². The first-order chi connectivity index (χ1) is 14.2. The second-order valence-electron chi connectivity index (χ2n) is 10.3. The minimum Gasteiger partial charge on any atom is -0.386 e. The van der Waals surface area contributed by atoms with Crippen molar-refractivity contribution in [2.75, 3.05) is 0 Å². The fraction of sp³-hybridized carbons (Fsp3) is 0.423. The Labute approximate surface area is 179 Å². The third kappa shape index (κ3) is 3.05. The van der Waals surface area contributed by atoms with Crippen LogP contribution in [0.5, 0.6) is 0 Å². The largest absolute Gasteiger partial charge is 0.386 e. The van der Waals surface area contributed by atoms with Crippen molar-refractivity contribution in [1.82, 2.24) is 11.1 Å². The van der Waals surface area contributed by atoms with Crippen molar-refractivity contribution in [2.24, 2.45) is 5.10 Å². The van der Waals surface area contributed by atoms with Gasteiger partial charge in [-0.25, -0.2) is 5.53 Å². The number of nitrogens with zero attached hydrogens (tertiary/aromatic N) is 2. The van der Waals surface area contributed by atoms with Crippen LogP contribution in [0.4, 0.5) is 0 Å². The zero-order valence-corrected chi connectivity index (χ0v) is 18.6. The lowest BCUT2D eigenvalue weighted by Gasteiger charge is -2.38. The average Bonchev–Trinajstić information content (AvgIpc) is 3.35. The number of hydrogen-bond acceptors (Lipinski definition) is 3. The summed E-state index contributed by atoms with van der Waals surface area (Å²) in [6.07, 6.45) is 7.96. The Morgan fingerprint density at radius 3 is 2.10 bits per heavy atom. The van der Waals surface area contributed by atoms with Crippen molar-refractivity contribution in [2.45, 2.75) is 70.1 Å². The molecule has 2 aromatic rings. The maximum atomic E-state index is 4.12. The Morgan fingerprint density at radius 2 is 1.53 bits per heavy atom. The maximum Gasteiger partial charge on any atom is 0.0206 e. The molecule has 0 amide bonds. The van der Waals surface area contributed by atoms with E-state index < -0.39 is 0 Å². The van der Waals surface area contributed by atoms with E-state index in [0.717, 1.165) is 12.3 Å². The van der Waals surface area contributed by atoms with E-state index in [2.05, 4.69) is 105 Å². The first-order valence-corrected chi connectivity index (χ1v) is 10.9. The van der Waals surface area contributed by atoms with Crippen LogP contribution in [0, 0.1) is 6.92 Å². The van der Waals surface area contributed by atoms with Crippen LogP contribution in [0.25, 0.3) is 5.43 Å². The Bertz CT molecular complexity index is 1050. The van der Waals surface area contributed by atoms with E-state index in [4.69, 9.17) is 0 Å². The Kier molecular flexibility index (Phi) is 4.17.